The minimum Gasteiger partial charge on any atom is -0.486 e. The van der Waals surface area contributed by atoms with E-state index in [-0.39, 0.29) is 0 Å². The first kappa shape index (κ1) is 14.7. The highest BCUT2D eigenvalue weighted by atomic mass is 79.9. The first-order valence-electron chi connectivity index (χ1n) is 7.99. The molecule has 0 saturated carbocycles. The number of fused-ring (bicyclic) bond motifs is 4. The second-order valence-corrected chi connectivity index (χ2v) is 6.87. The molecule has 0 N–H and O–H groups in total. The average Bonchev–Trinajstić information content (AvgIpc) is 3.07. The van der Waals surface area contributed by atoms with E-state index >= 15 is 0 Å². The fourth-order valence-electron chi connectivity index (χ4n) is 3.15. The molecule has 124 valence electrons. The number of likely N-dealkylation sites (N-methyl/N-ethyl adjacent to an activating group) is 1. The van der Waals surface area contributed by atoms with E-state index in [1.165, 1.54) is 0 Å². The first-order valence-corrected chi connectivity index (χ1v) is 8.78. The van der Waals surface area contributed by atoms with E-state index in [1.807, 2.05) is 37.5 Å². The second-order valence-electron chi connectivity index (χ2n) is 6.02. The van der Waals surface area contributed by atoms with Crippen LogP contribution in [0.25, 0.3) is 27.9 Å². The predicted molar refractivity (Wildman–Crippen MR) is 100 cm³/mol. The molecule has 0 radical (unpaired) electrons. The van der Waals surface area contributed by atoms with Gasteiger partial charge in [-0.3, -0.25) is 0 Å². The van der Waals surface area contributed by atoms with E-state index in [2.05, 4.69) is 37.0 Å². The van der Waals surface area contributed by atoms with Gasteiger partial charge in [0.1, 0.15) is 18.0 Å². The van der Waals surface area contributed by atoms with E-state index in [0.29, 0.717) is 12.3 Å². The van der Waals surface area contributed by atoms with Gasteiger partial charge in [0, 0.05) is 16.9 Å². The fourth-order valence-corrected chi connectivity index (χ4v) is 3.62. The summed E-state index contributed by atoms with van der Waals surface area (Å²) in [5.41, 5.74) is 4.26. The lowest BCUT2D eigenvalue weighted by molar-refractivity contribution is 0.312. The van der Waals surface area contributed by atoms with Gasteiger partial charge in [-0.05, 0) is 28.1 Å². The Labute approximate surface area is 152 Å². The number of aromatic nitrogens is 4. The van der Waals surface area contributed by atoms with Gasteiger partial charge in [0.05, 0.1) is 30.1 Å². The Balaban J connectivity index is 1.73. The highest BCUT2D eigenvalue weighted by Crippen LogP contribution is 2.35. The van der Waals surface area contributed by atoms with Crippen LogP contribution in [0.1, 0.15) is 0 Å². The lowest BCUT2D eigenvalue weighted by Crippen LogP contribution is -2.29. The number of halogens is 1. The lowest BCUT2D eigenvalue weighted by Gasteiger charge is -2.27. The summed E-state index contributed by atoms with van der Waals surface area (Å²) in [7, 11) is 2.03. The molecule has 1 aliphatic rings. The van der Waals surface area contributed by atoms with Crippen molar-refractivity contribution >= 4 is 38.2 Å². The van der Waals surface area contributed by atoms with Crippen molar-refractivity contribution in [1.82, 2.24) is 19.6 Å². The maximum absolute atomic E-state index is 5.85. The van der Waals surface area contributed by atoms with Crippen molar-refractivity contribution in [1.29, 1.82) is 0 Å². The molecule has 7 heteroatoms. The molecule has 0 aliphatic carbocycles. The Morgan fingerprint density at radius 3 is 3.00 bits per heavy atom. The summed E-state index contributed by atoms with van der Waals surface area (Å²) in [6.07, 6.45) is 3.62. The predicted octanol–water partition coefficient (Wildman–Crippen LogP) is 3.54. The number of rotatable bonds is 1. The van der Waals surface area contributed by atoms with Crippen LogP contribution in [0.4, 0.5) is 5.69 Å². The number of hydrogen-bond donors (Lipinski definition) is 0. The van der Waals surface area contributed by atoms with Crippen molar-refractivity contribution in [3.63, 3.8) is 0 Å². The van der Waals surface area contributed by atoms with Crippen LogP contribution < -0.4 is 9.64 Å². The van der Waals surface area contributed by atoms with Gasteiger partial charge in [-0.1, -0.05) is 18.2 Å². The third kappa shape index (κ3) is 2.19. The molecule has 1 aromatic carbocycles. The fraction of sp³-hybridized carbons (Fsp3) is 0.167. The summed E-state index contributed by atoms with van der Waals surface area (Å²) >= 11 is 3.57. The number of pyridine rings is 1. The van der Waals surface area contributed by atoms with Gasteiger partial charge in [0.2, 0.25) is 0 Å². The van der Waals surface area contributed by atoms with Gasteiger partial charge in [-0.15, -0.1) is 0 Å². The Morgan fingerprint density at radius 1 is 1.16 bits per heavy atom. The third-order valence-corrected chi connectivity index (χ3v) is 5.13. The number of anilines is 1. The average molecular weight is 396 g/mol. The molecule has 5 rings (SSSR count). The van der Waals surface area contributed by atoms with Crippen molar-refractivity contribution in [2.24, 2.45) is 0 Å². The summed E-state index contributed by atoms with van der Waals surface area (Å²) < 4.78 is 8.62. The molecule has 6 nitrogen and oxygen atoms in total. The molecule has 0 unspecified atom stereocenters. The molecule has 0 saturated heterocycles. The van der Waals surface area contributed by atoms with Crippen molar-refractivity contribution < 1.29 is 4.74 Å². The normalized spacial score (nSPS) is 13.9. The van der Waals surface area contributed by atoms with E-state index in [4.69, 9.17) is 9.72 Å². The smallest absolute Gasteiger partial charge is 0.199 e. The molecular formula is C18H14BrN5O. The number of ether oxygens (including phenoxy) is 1. The minimum absolute atomic E-state index is 0.645. The van der Waals surface area contributed by atoms with Gasteiger partial charge < -0.3 is 9.64 Å². The van der Waals surface area contributed by atoms with Crippen LogP contribution in [-0.4, -0.2) is 39.8 Å². The summed E-state index contributed by atoms with van der Waals surface area (Å²) in [6.45, 7) is 1.49. The maximum atomic E-state index is 5.85. The van der Waals surface area contributed by atoms with Crippen LogP contribution in [-0.2, 0) is 0 Å². The standard InChI is InChI=1S/C18H14BrN5O/c1-23-7-8-25-17-15(23)10-21-24-14(9-20-18(17)24)13-6-5-11-3-2-4-12(19)16(11)22-13/h2-6,9-10H,7-8H2,1H3. The quantitative estimate of drug-likeness (QED) is 0.493. The van der Waals surface area contributed by atoms with Crippen LogP contribution in [0.2, 0.25) is 0 Å². The van der Waals surface area contributed by atoms with Crippen LogP contribution in [0, 0.1) is 0 Å². The highest BCUT2D eigenvalue weighted by molar-refractivity contribution is 9.10. The van der Waals surface area contributed by atoms with E-state index in [0.717, 1.165) is 44.7 Å². The summed E-state index contributed by atoms with van der Waals surface area (Å²) in [6, 6.07) is 10.1. The van der Waals surface area contributed by atoms with Crippen molar-refractivity contribution in [2.45, 2.75) is 0 Å². The SMILES string of the molecule is CN1CCOc2c1cnn1c(-c3ccc4cccc(Br)c4n3)cnc21. The Hall–Kier alpha value is -2.67. The molecule has 4 heterocycles. The van der Waals surface area contributed by atoms with Crippen LogP contribution in [0.5, 0.6) is 5.75 Å². The zero-order valence-electron chi connectivity index (χ0n) is 13.5. The molecule has 1 aliphatic heterocycles. The number of nitrogens with zero attached hydrogens (tertiary/aromatic N) is 5. The molecule has 0 fully saturated rings. The van der Waals surface area contributed by atoms with Gasteiger partial charge >= 0.3 is 0 Å². The summed E-state index contributed by atoms with van der Waals surface area (Å²) in [5, 5.41) is 5.65. The molecule has 4 aromatic rings. The van der Waals surface area contributed by atoms with Gasteiger partial charge in [-0.25, -0.2) is 14.5 Å². The van der Waals surface area contributed by atoms with E-state index in [9.17, 15) is 0 Å². The number of hydrogen-bond acceptors (Lipinski definition) is 5. The molecular weight excluding hydrogens is 382 g/mol. The van der Waals surface area contributed by atoms with Crippen molar-refractivity contribution in [3.8, 4) is 17.1 Å². The Kier molecular flexibility index (Phi) is 3.18. The van der Waals surface area contributed by atoms with Gasteiger partial charge in [0.15, 0.2) is 11.4 Å². The highest BCUT2D eigenvalue weighted by Gasteiger charge is 2.22. The third-order valence-electron chi connectivity index (χ3n) is 4.49. The zero-order valence-corrected chi connectivity index (χ0v) is 15.1. The minimum atomic E-state index is 0.645. The van der Waals surface area contributed by atoms with Crippen LogP contribution in [0.15, 0.2) is 47.2 Å². The zero-order chi connectivity index (χ0) is 17.0. The largest absolute Gasteiger partial charge is 0.486 e. The lowest BCUT2D eigenvalue weighted by atomic mass is 10.2. The van der Waals surface area contributed by atoms with E-state index < -0.39 is 0 Å². The number of benzene rings is 1. The van der Waals surface area contributed by atoms with Crippen LogP contribution in [0.3, 0.4) is 0 Å². The molecule has 0 bridgehead atoms. The maximum Gasteiger partial charge on any atom is 0.199 e. The molecule has 0 atom stereocenters. The second kappa shape index (κ2) is 5.42. The van der Waals surface area contributed by atoms with Gasteiger partial charge in [-0.2, -0.15) is 5.10 Å². The number of para-hydroxylation sites is 1. The topological polar surface area (TPSA) is 55.5 Å². The summed E-state index contributed by atoms with van der Waals surface area (Å²) in [5.74, 6) is 0.775. The van der Waals surface area contributed by atoms with Crippen LogP contribution >= 0.6 is 15.9 Å². The van der Waals surface area contributed by atoms with Crippen molar-refractivity contribution in [3.05, 3.63) is 47.2 Å². The Morgan fingerprint density at radius 2 is 2.08 bits per heavy atom. The Bertz CT molecular complexity index is 1120. The monoisotopic (exact) mass is 395 g/mol. The van der Waals surface area contributed by atoms with Gasteiger partial charge in [0.25, 0.3) is 0 Å². The van der Waals surface area contributed by atoms with E-state index in [1.54, 1.807) is 10.7 Å². The molecule has 0 spiro atoms. The molecule has 0 amide bonds. The number of imidazole rings is 1. The molecule has 25 heavy (non-hydrogen) atoms. The first-order chi connectivity index (χ1) is 12.2. The molecule has 3 aromatic heterocycles. The summed E-state index contributed by atoms with van der Waals surface area (Å²) in [4.78, 5) is 11.5. The van der Waals surface area contributed by atoms with Crippen molar-refractivity contribution in [2.75, 3.05) is 25.1 Å².